The number of rotatable bonds is 22. The largest absolute Gasteiger partial charge is 0.206 e. The third-order valence-corrected chi connectivity index (χ3v) is 5.55. The lowest BCUT2D eigenvalue weighted by Gasteiger charge is -2.32. The molecule has 0 atom stereocenters. The maximum atomic E-state index is 5.93. The van der Waals surface area contributed by atoms with E-state index in [1.54, 1.807) is 0 Å². The average Bonchev–Trinajstić information content (AvgIpc) is 2.69. The fourth-order valence-corrected chi connectivity index (χ4v) is 3.59. The number of hydrogen-bond donors (Lipinski definition) is 0. The molecule has 0 bridgehead atoms. The Bertz CT molecular complexity index is 273. The molecular formula is C24H50O3. The second kappa shape index (κ2) is 20.6. The predicted octanol–water partition coefficient (Wildman–Crippen LogP) is 8.71. The van der Waals surface area contributed by atoms with Crippen LogP contribution in [0.15, 0.2) is 0 Å². The third kappa shape index (κ3) is 16.5. The summed E-state index contributed by atoms with van der Waals surface area (Å²) < 4.78 is 0. The molecule has 0 aliphatic heterocycles. The Morgan fingerprint density at radius 1 is 0.481 bits per heavy atom. The van der Waals surface area contributed by atoms with E-state index in [9.17, 15) is 0 Å². The van der Waals surface area contributed by atoms with Crippen LogP contribution >= 0.6 is 0 Å². The maximum Gasteiger partial charge on any atom is 0.107 e. The summed E-state index contributed by atoms with van der Waals surface area (Å²) in [5.41, 5.74) is -0.153. The zero-order chi connectivity index (χ0) is 20.1. The molecule has 164 valence electrons. The summed E-state index contributed by atoms with van der Waals surface area (Å²) in [5, 5.41) is 5.23. The van der Waals surface area contributed by atoms with Crippen molar-refractivity contribution < 1.29 is 14.8 Å². The molecule has 3 nitrogen and oxygen atoms in total. The Morgan fingerprint density at radius 2 is 0.926 bits per heavy atom. The molecule has 0 amide bonds. The van der Waals surface area contributed by atoms with Gasteiger partial charge in [0.25, 0.3) is 0 Å². The van der Waals surface area contributed by atoms with Gasteiger partial charge in [-0.2, -0.15) is 4.89 Å². The Labute approximate surface area is 170 Å². The van der Waals surface area contributed by atoms with E-state index in [0.717, 1.165) is 32.1 Å². The quantitative estimate of drug-likeness (QED) is 0.106. The molecule has 27 heavy (non-hydrogen) atoms. The predicted molar refractivity (Wildman–Crippen MR) is 117 cm³/mol. The molecular weight excluding hydrogens is 336 g/mol. The first-order valence-corrected chi connectivity index (χ1v) is 12.2. The van der Waals surface area contributed by atoms with Gasteiger partial charge in [0.2, 0.25) is 0 Å². The highest BCUT2D eigenvalue weighted by atomic mass is 17.5. The Hall–Kier alpha value is -0.120. The molecule has 0 fully saturated rings. The molecule has 0 aromatic heterocycles. The summed E-state index contributed by atoms with van der Waals surface area (Å²) in [5.74, 6) is 0. The molecule has 0 aliphatic carbocycles. The van der Waals surface area contributed by atoms with E-state index < -0.39 is 0 Å². The van der Waals surface area contributed by atoms with Gasteiger partial charge >= 0.3 is 0 Å². The van der Waals surface area contributed by atoms with Gasteiger partial charge in [-0.1, -0.05) is 123 Å². The lowest BCUT2D eigenvalue weighted by Crippen LogP contribution is -2.33. The standard InChI is InChI=1S/C24H50O3/c1-5-9-13-14-15-16-17-18-19-22-24(20-10-6-2,21-11-7-3)26-27-25-23-12-8-4/h5-23H2,1-4H3. The van der Waals surface area contributed by atoms with E-state index in [2.05, 4.69) is 27.7 Å². The summed E-state index contributed by atoms with van der Waals surface area (Å²) in [7, 11) is 0. The number of unbranched alkanes of at least 4 members (excludes halogenated alkanes) is 11. The van der Waals surface area contributed by atoms with Crippen LogP contribution in [0, 0.1) is 0 Å². The van der Waals surface area contributed by atoms with Crippen LogP contribution in [-0.4, -0.2) is 12.2 Å². The SMILES string of the molecule is CCCCCCCCCCCC(CCCC)(CCCC)OOOCCCC. The van der Waals surface area contributed by atoms with Crippen molar-refractivity contribution in [3.05, 3.63) is 0 Å². The third-order valence-electron chi connectivity index (χ3n) is 5.55. The van der Waals surface area contributed by atoms with Gasteiger partial charge < -0.3 is 0 Å². The van der Waals surface area contributed by atoms with Crippen LogP contribution in [0.2, 0.25) is 0 Å². The van der Waals surface area contributed by atoms with Gasteiger partial charge in [-0.05, 0) is 25.7 Å². The Morgan fingerprint density at radius 3 is 1.44 bits per heavy atom. The zero-order valence-corrected chi connectivity index (χ0v) is 19.2. The minimum Gasteiger partial charge on any atom is -0.206 e. The summed E-state index contributed by atoms with van der Waals surface area (Å²) in [6.07, 6.45) is 22.4. The van der Waals surface area contributed by atoms with Gasteiger partial charge in [0, 0.05) is 0 Å². The van der Waals surface area contributed by atoms with Gasteiger partial charge in [-0.3, -0.25) is 0 Å². The highest BCUT2D eigenvalue weighted by Gasteiger charge is 2.31. The van der Waals surface area contributed by atoms with Crippen molar-refractivity contribution in [1.29, 1.82) is 0 Å². The molecule has 0 aromatic carbocycles. The van der Waals surface area contributed by atoms with Crippen molar-refractivity contribution in [3.8, 4) is 0 Å². The lowest BCUT2D eigenvalue weighted by molar-refractivity contribution is -0.546. The molecule has 0 aliphatic rings. The second-order valence-electron chi connectivity index (χ2n) is 8.30. The molecule has 0 rings (SSSR count). The molecule has 0 N–H and O–H groups in total. The first-order valence-electron chi connectivity index (χ1n) is 12.2. The zero-order valence-electron chi connectivity index (χ0n) is 19.2. The van der Waals surface area contributed by atoms with Crippen molar-refractivity contribution in [1.82, 2.24) is 0 Å². The fraction of sp³-hybridized carbons (Fsp3) is 1.00. The molecule has 0 unspecified atom stereocenters. The average molecular weight is 387 g/mol. The number of hydrogen-bond acceptors (Lipinski definition) is 3. The van der Waals surface area contributed by atoms with Crippen LogP contribution in [0.1, 0.15) is 143 Å². The van der Waals surface area contributed by atoms with E-state index in [1.807, 2.05) is 0 Å². The van der Waals surface area contributed by atoms with E-state index in [0.29, 0.717) is 6.61 Å². The molecule has 0 saturated heterocycles. The van der Waals surface area contributed by atoms with E-state index in [4.69, 9.17) is 14.8 Å². The van der Waals surface area contributed by atoms with Crippen LogP contribution in [-0.2, 0) is 14.8 Å². The van der Waals surface area contributed by atoms with Crippen molar-refractivity contribution in [2.45, 2.75) is 149 Å². The van der Waals surface area contributed by atoms with Crippen LogP contribution in [0.5, 0.6) is 0 Å². The van der Waals surface area contributed by atoms with Gasteiger partial charge in [0.1, 0.15) is 5.60 Å². The first kappa shape index (κ1) is 26.9. The van der Waals surface area contributed by atoms with E-state index in [1.165, 1.54) is 83.5 Å². The normalized spacial score (nSPS) is 12.0. The lowest BCUT2D eigenvalue weighted by atomic mass is 9.85. The summed E-state index contributed by atoms with van der Waals surface area (Å²) in [6.45, 7) is 9.56. The van der Waals surface area contributed by atoms with Crippen molar-refractivity contribution >= 4 is 0 Å². The van der Waals surface area contributed by atoms with Crippen LogP contribution in [0.4, 0.5) is 0 Å². The highest BCUT2D eigenvalue weighted by Crippen LogP contribution is 2.32. The molecule has 0 heterocycles. The molecule has 0 spiro atoms. The summed E-state index contributed by atoms with van der Waals surface area (Å²) in [4.78, 5) is 11.2. The van der Waals surface area contributed by atoms with Gasteiger partial charge in [0.05, 0.1) is 6.61 Å². The van der Waals surface area contributed by atoms with Crippen LogP contribution in [0.25, 0.3) is 0 Å². The van der Waals surface area contributed by atoms with E-state index in [-0.39, 0.29) is 5.60 Å². The van der Waals surface area contributed by atoms with Crippen LogP contribution < -0.4 is 0 Å². The minimum atomic E-state index is -0.153. The van der Waals surface area contributed by atoms with Crippen molar-refractivity contribution in [2.75, 3.05) is 6.61 Å². The van der Waals surface area contributed by atoms with Crippen LogP contribution in [0.3, 0.4) is 0 Å². The topological polar surface area (TPSA) is 27.7 Å². The van der Waals surface area contributed by atoms with Gasteiger partial charge in [0.15, 0.2) is 0 Å². The van der Waals surface area contributed by atoms with Gasteiger partial charge in [-0.25, -0.2) is 4.89 Å². The second-order valence-corrected chi connectivity index (χ2v) is 8.30. The highest BCUT2D eigenvalue weighted by molar-refractivity contribution is 4.79. The Balaban J connectivity index is 4.23. The van der Waals surface area contributed by atoms with Crippen molar-refractivity contribution in [2.24, 2.45) is 0 Å². The summed E-state index contributed by atoms with van der Waals surface area (Å²) >= 11 is 0. The Kier molecular flexibility index (Phi) is 20.5. The van der Waals surface area contributed by atoms with E-state index >= 15 is 0 Å². The van der Waals surface area contributed by atoms with Crippen molar-refractivity contribution in [3.63, 3.8) is 0 Å². The maximum absolute atomic E-state index is 5.93. The van der Waals surface area contributed by atoms with Gasteiger partial charge in [-0.15, -0.1) is 0 Å². The smallest absolute Gasteiger partial charge is 0.107 e. The molecule has 0 aromatic rings. The molecule has 0 radical (unpaired) electrons. The summed E-state index contributed by atoms with van der Waals surface area (Å²) in [6, 6.07) is 0. The minimum absolute atomic E-state index is 0.153. The molecule has 0 saturated carbocycles. The first-order chi connectivity index (χ1) is 13.2. The fourth-order valence-electron chi connectivity index (χ4n) is 3.59. The monoisotopic (exact) mass is 386 g/mol. The molecule has 3 heteroatoms.